The summed E-state index contributed by atoms with van der Waals surface area (Å²) in [5.74, 6) is 0.513. The summed E-state index contributed by atoms with van der Waals surface area (Å²) in [7, 11) is -3.55. The molecule has 1 aromatic carbocycles. The molecule has 0 bridgehead atoms. The van der Waals surface area contributed by atoms with E-state index in [9.17, 15) is 13.2 Å². The summed E-state index contributed by atoms with van der Waals surface area (Å²) >= 11 is 1.29. The number of amides is 1. The molecular weight excluding hydrogens is 422 g/mol. The molecule has 3 rings (SSSR count). The fourth-order valence-corrected chi connectivity index (χ4v) is 5.70. The first-order valence-corrected chi connectivity index (χ1v) is 12.2. The summed E-state index contributed by atoms with van der Waals surface area (Å²) in [4.78, 5) is 12.9. The van der Waals surface area contributed by atoms with Crippen LogP contribution >= 0.6 is 11.8 Å². The molecule has 1 saturated heterocycles. The van der Waals surface area contributed by atoms with E-state index in [1.54, 1.807) is 31.2 Å². The number of carbonyl (C=O) groups excluding carboxylic acids is 1. The van der Waals surface area contributed by atoms with Crippen molar-refractivity contribution in [3.05, 3.63) is 42.7 Å². The Morgan fingerprint density at radius 3 is 2.73 bits per heavy atom. The topological polar surface area (TPSA) is 97.2 Å². The number of aryl methyl sites for hydroxylation is 1. The molecule has 2 aromatic rings. The Balaban J connectivity index is 1.69. The minimum absolute atomic E-state index is 0.198. The molecule has 8 nitrogen and oxygen atoms in total. The third-order valence-corrected chi connectivity index (χ3v) is 7.89. The van der Waals surface area contributed by atoms with Crippen LogP contribution in [0.25, 0.3) is 0 Å². The first-order valence-electron chi connectivity index (χ1n) is 9.91. The maximum Gasteiger partial charge on any atom is 0.243 e. The van der Waals surface area contributed by atoms with E-state index in [2.05, 4.69) is 22.1 Å². The molecule has 30 heavy (non-hydrogen) atoms. The summed E-state index contributed by atoms with van der Waals surface area (Å²) in [6.45, 7) is 8.99. The second kappa shape index (κ2) is 9.76. The molecule has 1 aromatic heterocycles. The Labute approximate surface area is 181 Å². The predicted molar refractivity (Wildman–Crippen MR) is 118 cm³/mol. The second-order valence-corrected chi connectivity index (χ2v) is 10.4. The van der Waals surface area contributed by atoms with E-state index in [0.29, 0.717) is 30.5 Å². The van der Waals surface area contributed by atoms with Crippen LogP contribution in [0.5, 0.6) is 0 Å². The Hall–Kier alpha value is -2.17. The van der Waals surface area contributed by atoms with Crippen molar-refractivity contribution in [2.75, 3.05) is 18.4 Å². The zero-order chi connectivity index (χ0) is 21.7. The van der Waals surface area contributed by atoms with Gasteiger partial charge in [-0.25, -0.2) is 8.42 Å². The number of anilines is 1. The molecule has 1 aliphatic heterocycles. The van der Waals surface area contributed by atoms with Gasteiger partial charge in [0.2, 0.25) is 15.9 Å². The average Bonchev–Trinajstić information content (AvgIpc) is 3.08. The SMILES string of the molecule is C=CCn1c(C)nnc1SC(C)C(=O)Nc1cccc(S(=O)(=O)N2CCCCC2)c1. The van der Waals surface area contributed by atoms with Gasteiger partial charge in [-0.05, 0) is 44.9 Å². The molecule has 1 fully saturated rings. The smallest absolute Gasteiger partial charge is 0.243 e. The van der Waals surface area contributed by atoms with Crippen LogP contribution in [-0.4, -0.2) is 51.7 Å². The van der Waals surface area contributed by atoms with E-state index in [4.69, 9.17) is 0 Å². The Bertz CT molecular complexity index is 1010. The van der Waals surface area contributed by atoms with Gasteiger partial charge in [-0.2, -0.15) is 4.31 Å². The van der Waals surface area contributed by atoms with E-state index in [0.717, 1.165) is 25.1 Å². The number of nitrogens with zero attached hydrogens (tertiary/aromatic N) is 4. The number of nitrogens with one attached hydrogen (secondary N) is 1. The average molecular weight is 450 g/mol. The zero-order valence-electron chi connectivity index (χ0n) is 17.2. The zero-order valence-corrected chi connectivity index (χ0v) is 18.9. The summed E-state index contributed by atoms with van der Waals surface area (Å²) in [6.07, 6.45) is 4.55. The number of piperidine rings is 1. The van der Waals surface area contributed by atoms with E-state index in [-0.39, 0.29) is 10.8 Å². The highest BCUT2D eigenvalue weighted by Crippen LogP contribution is 2.25. The van der Waals surface area contributed by atoms with Gasteiger partial charge in [0, 0.05) is 25.3 Å². The van der Waals surface area contributed by atoms with Crippen LogP contribution < -0.4 is 5.32 Å². The van der Waals surface area contributed by atoms with Crippen molar-refractivity contribution in [3.63, 3.8) is 0 Å². The van der Waals surface area contributed by atoms with Gasteiger partial charge in [0.25, 0.3) is 0 Å². The molecule has 1 N–H and O–H groups in total. The maximum absolute atomic E-state index is 12.9. The number of hydrogen-bond donors (Lipinski definition) is 1. The first kappa shape index (κ1) is 22.5. The Kier molecular flexibility index (Phi) is 7.32. The summed E-state index contributed by atoms with van der Waals surface area (Å²) in [5.41, 5.74) is 0.453. The van der Waals surface area contributed by atoms with E-state index in [1.807, 2.05) is 11.5 Å². The Morgan fingerprint density at radius 2 is 2.03 bits per heavy atom. The fourth-order valence-electron chi connectivity index (χ4n) is 3.23. The highest BCUT2D eigenvalue weighted by Gasteiger charge is 2.26. The molecule has 0 saturated carbocycles. The van der Waals surface area contributed by atoms with Gasteiger partial charge in [0.1, 0.15) is 5.82 Å². The lowest BCUT2D eigenvalue weighted by atomic mass is 10.2. The third-order valence-electron chi connectivity index (χ3n) is 4.92. The summed E-state index contributed by atoms with van der Waals surface area (Å²) in [6, 6.07) is 6.42. The van der Waals surface area contributed by atoms with Gasteiger partial charge < -0.3 is 9.88 Å². The fraction of sp³-hybridized carbons (Fsp3) is 0.450. The van der Waals surface area contributed by atoms with Crippen LogP contribution in [0.15, 0.2) is 47.0 Å². The number of rotatable bonds is 8. The van der Waals surface area contributed by atoms with E-state index < -0.39 is 15.3 Å². The summed E-state index contributed by atoms with van der Waals surface area (Å²) < 4.78 is 29.2. The lowest BCUT2D eigenvalue weighted by Gasteiger charge is -2.26. The van der Waals surface area contributed by atoms with Crippen molar-refractivity contribution in [2.45, 2.75) is 55.0 Å². The number of allylic oxidation sites excluding steroid dienone is 1. The number of aromatic nitrogens is 3. The lowest BCUT2D eigenvalue weighted by molar-refractivity contribution is -0.115. The molecule has 1 aliphatic rings. The van der Waals surface area contributed by atoms with Crippen LogP contribution in [0.2, 0.25) is 0 Å². The number of hydrogen-bond acceptors (Lipinski definition) is 6. The van der Waals surface area contributed by atoms with Gasteiger partial charge in [-0.3, -0.25) is 4.79 Å². The van der Waals surface area contributed by atoms with Crippen LogP contribution in [0.3, 0.4) is 0 Å². The van der Waals surface area contributed by atoms with Crippen molar-refractivity contribution in [1.82, 2.24) is 19.1 Å². The van der Waals surface area contributed by atoms with E-state index >= 15 is 0 Å². The maximum atomic E-state index is 12.9. The summed E-state index contributed by atoms with van der Waals surface area (Å²) in [5, 5.41) is 11.2. The highest BCUT2D eigenvalue weighted by molar-refractivity contribution is 8.00. The number of sulfonamides is 1. The largest absolute Gasteiger partial charge is 0.325 e. The van der Waals surface area contributed by atoms with Crippen molar-refractivity contribution < 1.29 is 13.2 Å². The lowest BCUT2D eigenvalue weighted by Crippen LogP contribution is -2.35. The van der Waals surface area contributed by atoms with Crippen molar-refractivity contribution >= 4 is 33.4 Å². The molecule has 0 spiro atoms. The second-order valence-electron chi connectivity index (χ2n) is 7.17. The number of carbonyl (C=O) groups is 1. The van der Waals surface area contributed by atoms with Gasteiger partial charge in [-0.15, -0.1) is 16.8 Å². The minimum atomic E-state index is -3.55. The molecule has 0 radical (unpaired) electrons. The van der Waals surface area contributed by atoms with Crippen molar-refractivity contribution in [1.29, 1.82) is 0 Å². The van der Waals surface area contributed by atoms with Gasteiger partial charge in [-0.1, -0.05) is 30.3 Å². The van der Waals surface area contributed by atoms with Crippen molar-refractivity contribution in [2.24, 2.45) is 0 Å². The Morgan fingerprint density at radius 1 is 1.30 bits per heavy atom. The van der Waals surface area contributed by atoms with Crippen LogP contribution in [0.1, 0.15) is 32.0 Å². The third kappa shape index (κ3) is 5.11. The molecule has 2 heterocycles. The molecule has 1 amide bonds. The van der Waals surface area contributed by atoms with Gasteiger partial charge in [0.05, 0.1) is 10.1 Å². The van der Waals surface area contributed by atoms with Gasteiger partial charge >= 0.3 is 0 Å². The normalized spacial score (nSPS) is 16.2. The standard InChI is InChI=1S/C20H27N5O3S2/c1-4-11-25-16(3)22-23-20(25)29-15(2)19(26)21-17-9-8-10-18(14-17)30(27,28)24-12-6-5-7-13-24/h4,8-10,14-15H,1,5-7,11-13H2,2-3H3,(H,21,26). The minimum Gasteiger partial charge on any atom is -0.325 e. The first-order chi connectivity index (χ1) is 14.3. The molecule has 0 aliphatic carbocycles. The highest BCUT2D eigenvalue weighted by atomic mass is 32.2. The molecule has 1 unspecified atom stereocenters. The predicted octanol–water partition coefficient (Wildman–Crippen LogP) is 3.07. The molecule has 10 heteroatoms. The monoisotopic (exact) mass is 449 g/mol. The quantitative estimate of drug-likeness (QED) is 0.491. The van der Waals surface area contributed by atoms with Crippen LogP contribution in [0.4, 0.5) is 5.69 Å². The number of benzene rings is 1. The molecular formula is C20H27N5O3S2. The van der Waals surface area contributed by atoms with Crippen molar-refractivity contribution in [3.8, 4) is 0 Å². The molecule has 162 valence electrons. The van der Waals surface area contributed by atoms with Gasteiger partial charge in [0.15, 0.2) is 5.16 Å². The molecule has 1 atom stereocenters. The number of thioether (sulfide) groups is 1. The van der Waals surface area contributed by atoms with Crippen LogP contribution in [0, 0.1) is 6.92 Å². The van der Waals surface area contributed by atoms with Crippen LogP contribution in [-0.2, 0) is 21.4 Å². The van der Waals surface area contributed by atoms with E-state index in [1.165, 1.54) is 22.1 Å².